The van der Waals surface area contributed by atoms with E-state index >= 15 is 0 Å². The van der Waals surface area contributed by atoms with Gasteiger partial charge in [0.15, 0.2) is 0 Å². The highest BCUT2D eigenvalue weighted by molar-refractivity contribution is 7.11. The van der Waals surface area contributed by atoms with Gasteiger partial charge in [-0.3, -0.25) is 0 Å². The highest BCUT2D eigenvalue weighted by atomic mass is 32.1. The fourth-order valence-electron chi connectivity index (χ4n) is 0.964. The van der Waals surface area contributed by atoms with E-state index in [2.05, 4.69) is 38.0 Å². The third-order valence-corrected chi connectivity index (χ3v) is 3.10. The van der Waals surface area contributed by atoms with Gasteiger partial charge in [0, 0.05) is 23.7 Å². The summed E-state index contributed by atoms with van der Waals surface area (Å²) in [7, 11) is 0. The van der Waals surface area contributed by atoms with Crippen LogP contribution < -0.4 is 5.32 Å². The lowest BCUT2D eigenvalue weighted by Gasteiger charge is -2.04. The normalized spacial score (nSPS) is 11.5. The van der Waals surface area contributed by atoms with Gasteiger partial charge in [-0.25, -0.2) is 4.98 Å². The first kappa shape index (κ1) is 10.7. The average Bonchev–Trinajstić information content (AvgIpc) is 2.48. The number of hydrogen-bond donors (Lipinski definition) is 1. The SMILES string of the molecule is CC(C)NCc1ncc(C(C)C)s1. The second kappa shape index (κ2) is 4.72. The molecule has 0 bridgehead atoms. The van der Waals surface area contributed by atoms with E-state index in [1.54, 1.807) is 0 Å². The van der Waals surface area contributed by atoms with Crippen molar-refractivity contribution in [3.8, 4) is 0 Å². The predicted octanol–water partition coefficient (Wildman–Crippen LogP) is 2.76. The van der Waals surface area contributed by atoms with Crippen molar-refractivity contribution in [2.24, 2.45) is 0 Å². The summed E-state index contributed by atoms with van der Waals surface area (Å²) in [6.07, 6.45) is 1.99. The molecule has 0 saturated heterocycles. The zero-order valence-corrected chi connectivity index (χ0v) is 9.61. The third kappa shape index (κ3) is 3.44. The van der Waals surface area contributed by atoms with Crippen LogP contribution in [-0.4, -0.2) is 11.0 Å². The Labute approximate surface area is 84.4 Å². The second-order valence-electron chi connectivity index (χ2n) is 3.85. The van der Waals surface area contributed by atoms with E-state index in [9.17, 15) is 0 Å². The molecule has 3 heteroatoms. The van der Waals surface area contributed by atoms with Crippen LogP contribution in [0.15, 0.2) is 6.20 Å². The Morgan fingerprint density at radius 2 is 2.08 bits per heavy atom. The molecule has 0 unspecified atom stereocenters. The monoisotopic (exact) mass is 198 g/mol. The largest absolute Gasteiger partial charge is 0.308 e. The number of rotatable bonds is 4. The van der Waals surface area contributed by atoms with Gasteiger partial charge in [0.05, 0.1) is 0 Å². The van der Waals surface area contributed by atoms with E-state index in [4.69, 9.17) is 0 Å². The van der Waals surface area contributed by atoms with E-state index in [-0.39, 0.29) is 0 Å². The molecule has 2 nitrogen and oxygen atoms in total. The minimum atomic E-state index is 0.534. The molecule has 0 amide bonds. The van der Waals surface area contributed by atoms with E-state index in [0.717, 1.165) is 6.54 Å². The van der Waals surface area contributed by atoms with Gasteiger partial charge in [0.1, 0.15) is 5.01 Å². The van der Waals surface area contributed by atoms with Crippen LogP contribution in [0.2, 0.25) is 0 Å². The molecule has 0 aliphatic heterocycles. The van der Waals surface area contributed by atoms with Crippen LogP contribution in [0.3, 0.4) is 0 Å². The lowest BCUT2D eigenvalue weighted by atomic mass is 10.2. The Morgan fingerprint density at radius 3 is 2.54 bits per heavy atom. The van der Waals surface area contributed by atoms with Crippen molar-refractivity contribution in [1.82, 2.24) is 10.3 Å². The lowest BCUT2D eigenvalue weighted by molar-refractivity contribution is 0.587. The molecule has 0 radical (unpaired) electrons. The summed E-state index contributed by atoms with van der Waals surface area (Å²) in [5, 5.41) is 4.55. The molecule has 0 spiro atoms. The van der Waals surface area contributed by atoms with Gasteiger partial charge in [-0.05, 0) is 5.92 Å². The number of hydrogen-bond acceptors (Lipinski definition) is 3. The Balaban J connectivity index is 2.49. The second-order valence-corrected chi connectivity index (χ2v) is 4.99. The van der Waals surface area contributed by atoms with Crippen molar-refractivity contribution in [2.45, 2.75) is 46.2 Å². The Bertz CT molecular complexity index is 253. The van der Waals surface area contributed by atoms with E-state index in [1.807, 2.05) is 17.5 Å². The maximum absolute atomic E-state index is 4.37. The lowest BCUT2D eigenvalue weighted by Crippen LogP contribution is -2.21. The summed E-state index contributed by atoms with van der Waals surface area (Å²) in [4.78, 5) is 5.74. The maximum Gasteiger partial charge on any atom is 0.107 e. The minimum absolute atomic E-state index is 0.534. The molecule has 0 saturated carbocycles. The van der Waals surface area contributed by atoms with Gasteiger partial charge < -0.3 is 5.32 Å². The summed E-state index contributed by atoms with van der Waals surface area (Å²) in [6.45, 7) is 9.60. The summed E-state index contributed by atoms with van der Waals surface area (Å²) in [5.41, 5.74) is 0. The first-order valence-corrected chi connectivity index (χ1v) is 5.59. The Kier molecular flexibility index (Phi) is 3.88. The molecule has 0 fully saturated rings. The van der Waals surface area contributed by atoms with Crippen molar-refractivity contribution in [3.05, 3.63) is 16.1 Å². The maximum atomic E-state index is 4.37. The molecule has 0 aromatic carbocycles. The molecule has 1 aromatic rings. The Hall–Kier alpha value is -0.410. The van der Waals surface area contributed by atoms with E-state index in [1.165, 1.54) is 9.88 Å². The van der Waals surface area contributed by atoms with Crippen LogP contribution in [-0.2, 0) is 6.54 Å². The van der Waals surface area contributed by atoms with Crippen molar-refractivity contribution in [1.29, 1.82) is 0 Å². The molecule has 74 valence electrons. The molecular formula is C10H18N2S. The van der Waals surface area contributed by atoms with Gasteiger partial charge in [-0.1, -0.05) is 27.7 Å². The summed E-state index contributed by atoms with van der Waals surface area (Å²) < 4.78 is 0. The van der Waals surface area contributed by atoms with Gasteiger partial charge in [0.2, 0.25) is 0 Å². The number of nitrogens with one attached hydrogen (secondary N) is 1. The average molecular weight is 198 g/mol. The fraction of sp³-hybridized carbons (Fsp3) is 0.700. The molecule has 1 heterocycles. The van der Waals surface area contributed by atoms with Crippen LogP contribution in [0.5, 0.6) is 0 Å². The van der Waals surface area contributed by atoms with Gasteiger partial charge in [-0.2, -0.15) is 0 Å². The van der Waals surface area contributed by atoms with Crippen LogP contribution in [0.4, 0.5) is 0 Å². The summed E-state index contributed by atoms with van der Waals surface area (Å²) in [5.74, 6) is 0.602. The molecule has 1 aromatic heterocycles. The van der Waals surface area contributed by atoms with Crippen LogP contribution in [0.1, 0.15) is 43.5 Å². The first-order chi connectivity index (χ1) is 6.09. The van der Waals surface area contributed by atoms with Gasteiger partial charge in [-0.15, -0.1) is 11.3 Å². The van der Waals surface area contributed by atoms with Gasteiger partial charge >= 0.3 is 0 Å². The smallest absolute Gasteiger partial charge is 0.107 e. The minimum Gasteiger partial charge on any atom is -0.308 e. The molecule has 1 rings (SSSR count). The van der Waals surface area contributed by atoms with Crippen LogP contribution in [0, 0.1) is 0 Å². The highest BCUT2D eigenvalue weighted by Gasteiger charge is 2.05. The zero-order chi connectivity index (χ0) is 9.84. The van der Waals surface area contributed by atoms with Crippen LogP contribution >= 0.6 is 11.3 Å². The molecule has 0 aliphatic carbocycles. The van der Waals surface area contributed by atoms with E-state index < -0.39 is 0 Å². The fourth-order valence-corrected chi connectivity index (χ4v) is 1.84. The summed E-state index contributed by atoms with van der Waals surface area (Å²) in [6, 6.07) is 0.534. The van der Waals surface area contributed by atoms with Gasteiger partial charge in [0.25, 0.3) is 0 Å². The first-order valence-electron chi connectivity index (χ1n) is 4.77. The summed E-state index contributed by atoms with van der Waals surface area (Å²) >= 11 is 1.81. The zero-order valence-electron chi connectivity index (χ0n) is 8.79. The van der Waals surface area contributed by atoms with Crippen molar-refractivity contribution in [2.75, 3.05) is 0 Å². The molecule has 0 atom stereocenters. The number of thiazole rings is 1. The van der Waals surface area contributed by atoms with Crippen LogP contribution in [0.25, 0.3) is 0 Å². The molecule has 0 aliphatic rings. The van der Waals surface area contributed by atoms with Crippen molar-refractivity contribution < 1.29 is 0 Å². The molecule has 13 heavy (non-hydrogen) atoms. The third-order valence-electron chi connectivity index (χ3n) is 1.80. The predicted molar refractivity (Wildman–Crippen MR) is 58.2 cm³/mol. The standard InChI is InChI=1S/C10H18N2S/c1-7(2)9-5-12-10(13-9)6-11-8(3)4/h5,7-8,11H,6H2,1-4H3. The van der Waals surface area contributed by atoms with Crippen molar-refractivity contribution >= 4 is 11.3 Å². The van der Waals surface area contributed by atoms with Crippen molar-refractivity contribution in [3.63, 3.8) is 0 Å². The molecular weight excluding hydrogens is 180 g/mol. The van der Waals surface area contributed by atoms with E-state index in [0.29, 0.717) is 12.0 Å². The Morgan fingerprint density at radius 1 is 1.38 bits per heavy atom. The number of aromatic nitrogens is 1. The molecule has 1 N–H and O–H groups in total. The quantitative estimate of drug-likeness (QED) is 0.804. The topological polar surface area (TPSA) is 24.9 Å². The number of nitrogens with zero attached hydrogens (tertiary/aromatic N) is 1. The highest BCUT2D eigenvalue weighted by Crippen LogP contribution is 2.21.